The number of pyridine rings is 1. The van der Waals surface area contributed by atoms with Crippen LogP contribution < -0.4 is 5.32 Å². The Kier molecular flexibility index (Phi) is 5.25. The van der Waals surface area contributed by atoms with Crippen LogP contribution in [0.5, 0.6) is 0 Å². The van der Waals surface area contributed by atoms with Crippen molar-refractivity contribution in [1.82, 2.24) is 29.1 Å². The predicted molar refractivity (Wildman–Crippen MR) is 115 cm³/mol. The first-order chi connectivity index (χ1) is 15.1. The molecule has 9 heteroatoms. The molecule has 0 atom stereocenters. The summed E-state index contributed by atoms with van der Waals surface area (Å²) < 4.78 is 29.3. The van der Waals surface area contributed by atoms with E-state index < -0.39 is 13.0 Å². The highest BCUT2D eigenvalue weighted by atomic mass is 19.3. The molecule has 4 heterocycles. The second kappa shape index (κ2) is 8.20. The first-order valence-corrected chi connectivity index (χ1v) is 10.8. The minimum atomic E-state index is -2.46. The van der Waals surface area contributed by atoms with Gasteiger partial charge in [0.1, 0.15) is 5.82 Å². The van der Waals surface area contributed by atoms with Crippen molar-refractivity contribution in [2.24, 2.45) is 5.92 Å². The lowest BCUT2D eigenvalue weighted by molar-refractivity contribution is 0.127. The van der Waals surface area contributed by atoms with Gasteiger partial charge >= 0.3 is 0 Å². The Morgan fingerprint density at radius 1 is 1.13 bits per heavy atom. The Hall–Kier alpha value is -3.10. The number of hydrogen-bond donors (Lipinski definition) is 1. The molecule has 0 saturated heterocycles. The summed E-state index contributed by atoms with van der Waals surface area (Å²) in [5, 5.41) is 7.96. The average Bonchev–Trinajstić information content (AvgIpc) is 3.33. The molecular weight excluding hydrogens is 400 g/mol. The first-order valence-electron chi connectivity index (χ1n) is 10.8. The Morgan fingerprint density at radius 3 is 2.77 bits per heavy atom. The van der Waals surface area contributed by atoms with Gasteiger partial charge in [0.25, 0.3) is 6.43 Å². The molecule has 0 aliphatic heterocycles. The van der Waals surface area contributed by atoms with Crippen LogP contribution in [0.25, 0.3) is 27.8 Å². The predicted octanol–water partition coefficient (Wildman–Crippen LogP) is 4.71. The Balaban J connectivity index is 1.42. The molecule has 0 unspecified atom stereocenters. The summed E-state index contributed by atoms with van der Waals surface area (Å²) >= 11 is 0. The molecule has 0 bridgehead atoms. The lowest BCUT2D eigenvalue weighted by Gasteiger charge is -2.21. The van der Waals surface area contributed by atoms with E-state index >= 15 is 0 Å². The number of anilines is 1. The van der Waals surface area contributed by atoms with E-state index in [1.807, 2.05) is 18.3 Å². The average molecular weight is 425 g/mol. The fourth-order valence-electron chi connectivity index (χ4n) is 4.49. The summed E-state index contributed by atoms with van der Waals surface area (Å²) in [4.78, 5) is 13.2. The van der Waals surface area contributed by atoms with Crippen LogP contribution in [0.2, 0.25) is 0 Å². The molecule has 1 aliphatic rings. The van der Waals surface area contributed by atoms with Gasteiger partial charge in [-0.2, -0.15) is 0 Å². The van der Waals surface area contributed by atoms with E-state index in [1.165, 1.54) is 36.7 Å². The zero-order valence-electron chi connectivity index (χ0n) is 17.4. The van der Waals surface area contributed by atoms with E-state index in [4.69, 9.17) is 0 Å². The minimum absolute atomic E-state index is 0.400. The maximum absolute atomic E-state index is 13.0. The normalized spacial score (nSPS) is 15.4. The number of fused-ring (bicyclic) bond motifs is 2. The second-order valence-electron chi connectivity index (χ2n) is 8.25. The van der Waals surface area contributed by atoms with Crippen molar-refractivity contribution in [3.8, 4) is 11.1 Å². The van der Waals surface area contributed by atoms with E-state index in [0.29, 0.717) is 28.9 Å². The number of aromatic nitrogens is 6. The molecule has 4 aromatic rings. The van der Waals surface area contributed by atoms with Gasteiger partial charge in [-0.05, 0) is 37.8 Å². The summed E-state index contributed by atoms with van der Waals surface area (Å²) in [6.45, 7) is 2.21. The van der Waals surface area contributed by atoms with Gasteiger partial charge in [0.15, 0.2) is 5.65 Å². The number of nitrogens with zero attached hydrogens (tertiary/aromatic N) is 6. The number of rotatable bonds is 6. The van der Waals surface area contributed by atoms with Crippen molar-refractivity contribution in [3.63, 3.8) is 0 Å². The van der Waals surface area contributed by atoms with Gasteiger partial charge < -0.3 is 9.88 Å². The molecule has 1 fully saturated rings. The van der Waals surface area contributed by atoms with Crippen molar-refractivity contribution in [2.45, 2.75) is 52.0 Å². The van der Waals surface area contributed by atoms with Crippen molar-refractivity contribution in [3.05, 3.63) is 36.5 Å². The van der Waals surface area contributed by atoms with E-state index in [1.54, 1.807) is 23.8 Å². The molecule has 0 aromatic carbocycles. The SMILES string of the molecule is Cc1nc2ncc(-c3ccn4nc(NCC5CCCCC5)ncc34)cc2n1CC(F)F. The topological polar surface area (TPSA) is 72.9 Å². The Morgan fingerprint density at radius 2 is 1.97 bits per heavy atom. The van der Waals surface area contributed by atoms with Crippen molar-refractivity contribution >= 4 is 22.6 Å². The van der Waals surface area contributed by atoms with Gasteiger partial charge in [-0.25, -0.2) is 28.2 Å². The lowest BCUT2D eigenvalue weighted by atomic mass is 9.89. The fraction of sp³-hybridized carbons (Fsp3) is 0.455. The largest absolute Gasteiger partial charge is 0.353 e. The molecule has 1 N–H and O–H groups in total. The second-order valence-corrected chi connectivity index (χ2v) is 8.25. The van der Waals surface area contributed by atoms with Gasteiger partial charge in [-0.1, -0.05) is 19.3 Å². The number of halogens is 2. The molecular formula is C22H25F2N7. The zero-order valence-corrected chi connectivity index (χ0v) is 17.4. The molecule has 5 rings (SSSR count). The van der Waals surface area contributed by atoms with Crippen LogP contribution in [0.1, 0.15) is 37.9 Å². The zero-order chi connectivity index (χ0) is 21.4. The summed E-state index contributed by atoms with van der Waals surface area (Å²) in [7, 11) is 0. The van der Waals surface area contributed by atoms with Gasteiger partial charge in [-0.15, -0.1) is 5.10 Å². The third-order valence-corrected chi connectivity index (χ3v) is 6.12. The summed E-state index contributed by atoms with van der Waals surface area (Å²) in [6, 6.07) is 3.80. The molecule has 0 radical (unpaired) electrons. The lowest BCUT2D eigenvalue weighted by Crippen LogP contribution is -2.18. The molecule has 4 aromatic heterocycles. The molecule has 1 saturated carbocycles. The number of hydrogen-bond acceptors (Lipinski definition) is 5. The Bertz CT molecular complexity index is 1210. The van der Waals surface area contributed by atoms with E-state index in [2.05, 4.69) is 25.4 Å². The van der Waals surface area contributed by atoms with Crippen LogP contribution in [0.15, 0.2) is 30.7 Å². The van der Waals surface area contributed by atoms with E-state index in [0.717, 1.165) is 23.2 Å². The maximum Gasteiger partial charge on any atom is 0.256 e. The maximum atomic E-state index is 13.0. The van der Waals surface area contributed by atoms with Gasteiger partial charge in [0, 0.05) is 30.1 Å². The van der Waals surface area contributed by atoms with Crippen LogP contribution in [0.4, 0.5) is 14.7 Å². The molecule has 162 valence electrons. The number of nitrogens with one attached hydrogen (secondary N) is 1. The van der Waals surface area contributed by atoms with Crippen LogP contribution in [0, 0.1) is 12.8 Å². The monoisotopic (exact) mass is 425 g/mol. The van der Waals surface area contributed by atoms with Gasteiger partial charge in [0.05, 0.1) is 23.8 Å². The summed E-state index contributed by atoms with van der Waals surface area (Å²) in [6.07, 6.45) is 9.41. The molecule has 1 aliphatic carbocycles. The molecule has 0 spiro atoms. The third kappa shape index (κ3) is 3.96. The van der Waals surface area contributed by atoms with Gasteiger partial charge in [-0.3, -0.25) is 0 Å². The summed E-state index contributed by atoms with van der Waals surface area (Å²) in [5.74, 6) is 1.82. The van der Waals surface area contributed by atoms with Crippen LogP contribution in [-0.2, 0) is 6.54 Å². The first kappa shape index (κ1) is 19.8. The van der Waals surface area contributed by atoms with Crippen molar-refractivity contribution in [2.75, 3.05) is 11.9 Å². The number of imidazole rings is 1. The molecule has 7 nitrogen and oxygen atoms in total. The number of alkyl halides is 2. The van der Waals surface area contributed by atoms with E-state index in [9.17, 15) is 8.78 Å². The van der Waals surface area contributed by atoms with Crippen LogP contribution >= 0.6 is 0 Å². The highest BCUT2D eigenvalue weighted by Crippen LogP contribution is 2.28. The quantitative estimate of drug-likeness (QED) is 0.484. The third-order valence-electron chi connectivity index (χ3n) is 6.12. The molecule has 0 amide bonds. The smallest absolute Gasteiger partial charge is 0.256 e. The van der Waals surface area contributed by atoms with Gasteiger partial charge in [0.2, 0.25) is 5.95 Å². The van der Waals surface area contributed by atoms with E-state index in [-0.39, 0.29) is 0 Å². The van der Waals surface area contributed by atoms with Crippen LogP contribution in [0.3, 0.4) is 0 Å². The minimum Gasteiger partial charge on any atom is -0.353 e. The van der Waals surface area contributed by atoms with Crippen molar-refractivity contribution < 1.29 is 8.78 Å². The summed E-state index contributed by atoms with van der Waals surface area (Å²) in [5.41, 5.74) is 3.62. The fourth-order valence-corrected chi connectivity index (χ4v) is 4.49. The van der Waals surface area contributed by atoms with Crippen molar-refractivity contribution in [1.29, 1.82) is 0 Å². The highest BCUT2D eigenvalue weighted by Gasteiger charge is 2.16. The standard InChI is InChI=1S/C22H25F2N7/c1-14-28-21-18(30(14)13-20(23)24)9-16(11-25-21)17-7-8-31-19(17)12-27-22(29-31)26-10-15-5-3-2-4-6-15/h7-9,11-12,15,20H,2-6,10,13H2,1H3,(H,26,29). The number of aryl methyl sites for hydroxylation is 1. The van der Waals surface area contributed by atoms with Crippen LogP contribution in [-0.4, -0.2) is 42.1 Å². The highest BCUT2D eigenvalue weighted by molar-refractivity contribution is 5.85. The molecule has 31 heavy (non-hydrogen) atoms. The Labute approximate surface area is 178 Å².